The molecule has 0 saturated heterocycles. The molecule has 2 aromatic rings. The summed E-state index contributed by atoms with van der Waals surface area (Å²) < 4.78 is 10.9. The van der Waals surface area contributed by atoms with Gasteiger partial charge in [-0.25, -0.2) is 0 Å². The number of aromatic nitrogens is 1. The zero-order valence-corrected chi connectivity index (χ0v) is 33.1. The molecule has 0 bridgehead atoms. The molecule has 1 aromatic carbocycles. The minimum Gasteiger partial charge on any atom is -0.495 e. The predicted molar refractivity (Wildman–Crippen MR) is 208 cm³/mol. The monoisotopic (exact) mass is 772 g/mol. The molecule has 0 fully saturated rings. The van der Waals surface area contributed by atoms with E-state index in [0.717, 1.165) is 17.3 Å². The number of aliphatic hydroxyl groups is 1. The smallest absolute Gasteiger partial charge is 0.314 e. The standard InChI is InChI=1S/C39H53ClN4O8S/c1-25(2)20-34(37(49)53-19-18-42-27(4)45)52-38(50)39(5,6)24-43-36(48)31(22-29-15-16-33(51-7)30(40)21-29)44-35(47)12-8-11-32(46)26(3)13-14-28-10-9-17-41-23-28/h8-10,12-17,21,23,25-26,31-32,34,46H,11,18-20,22,24H2,1-7H3,(H,42,45)(H,43,48)(H,44,47)/b12-8+,14-13+/t26-,31?,32+,34?/m1/s1. The number of ether oxygens (including phenoxy) is 2. The number of esters is 1. The normalized spacial score (nSPS) is 14.0. The van der Waals surface area contributed by atoms with Gasteiger partial charge in [0.15, 0.2) is 6.10 Å². The Balaban J connectivity index is 2.11. The Hall–Kier alpha value is -4.20. The van der Waals surface area contributed by atoms with Crippen LogP contribution in [-0.2, 0) is 35.1 Å². The van der Waals surface area contributed by atoms with Crippen molar-refractivity contribution in [3.8, 4) is 5.75 Å². The summed E-state index contributed by atoms with van der Waals surface area (Å²) in [6.45, 7) is 10.4. The van der Waals surface area contributed by atoms with Gasteiger partial charge in [-0.15, -0.1) is 0 Å². The lowest BCUT2D eigenvalue weighted by Crippen LogP contribution is -2.51. The maximum absolute atomic E-state index is 13.6. The van der Waals surface area contributed by atoms with Crippen molar-refractivity contribution < 1.29 is 38.6 Å². The molecule has 2 unspecified atom stereocenters. The SMILES string of the molecule is COc1ccc(CC(NC(=O)/C=C/C[C@H](O)[C@H](C)/C=C/c2cccnc2)C(=O)NCC(C)(C)C(=O)OC(CC(C)C)C(=O)SCCNC(C)=O)cc1Cl. The van der Waals surface area contributed by atoms with Crippen LogP contribution in [0.3, 0.4) is 0 Å². The number of carbonyl (C=O) groups is 5. The Kier molecular flexibility index (Phi) is 19.3. The summed E-state index contributed by atoms with van der Waals surface area (Å²) in [4.78, 5) is 68.1. The van der Waals surface area contributed by atoms with E-state index in [9.17, 15) is 29.1 Å². The summed E-state index contributed by atoms with van der Waals surface area (Å²) in [5.41, 5.74) is 0.317. The molecule has 0 spiro atoms. The van der Waals surface area contributed by atoms with E-state index in [1.54, 1.807) is 50.5 Å². The molecule has 4 N–H and O–H groups in total. The first-order valence-electron chi connectivity index (χ1n) is 17.5. The Morgan fingerprint density at radius 1 is 1.09 bits per heavy atom. The maximum atomic E-state index is 13.6. The average Bonchev–Trinajstić information content (AvgIpc) is 3.10. The number of nitrogens with one attached hydrogen (secondary N) is 3. The molecule has 53 heavy (non-hydrogen) atoms. The highest BCUT2D eigenvalue weighted by molar-refractivity contribution is 8.13. The second kappa shape index (κ2) is 22.8. The number of hydrogen-bond acceptors (Lipinski definition) is 10. The fourth-order valence-electron chi connectivity index (χ4n) is 4.78. The van der Waals surface area contributed by atoms with E-state index in [1.165, 1.54) is 20.1 Å². The first-order valence-corrected chi connectivity index (χ1v) is 18.8. The molecular formula is C39H53ClN4O8S. The number of hydrogen-bond donors (Lipinski definition) is 4. The number of thioether (sulfide) groups is 1. The van der Waals surface area contributed by atoms with E-state index >= 15 is 0 Å². The van der Waals surface area contributed by atoms with Crippen molar-refractivity contribution >= 4 is 58.2 Å². The van der Waals surface area contributed by atoms with Gasteiger partial charge in [0.2, 0.25) is 22.8 Å². The largest absolute Gasteiger partial charge is 0.495 e. The van der Waals surface area contributed by atoms with Crippen molar-refractivity contribution in [2.24, 2.45) is 17.3 Å². The van der Waals surface area contributed by atoms with Crippen LogP contribution in [0.25, 0.3) is 6.08 Å². The highest BCUT2D eigenvalue weighted by Gasteiger charge is 2.35. The third kappa shape index (κ3) is 17.0. The van der Waals surface area contributed by atoms with Gasteiger partial charge in [0.05, 0.1) is 23.7 Å². The van der Waals surface area contributed by atoms with Gasteiger partial charge in [0.1, 0.15) is 11.8 Å². The van der Waals surface area contributed by atoms with Crippen LogP contribution in [-0.4, -0.2) is 83.1 Å². The van der Waals surface area contributed by atoms with Gasteiger partial charge in [-0.05, 0) is 68.0 Å². The lowest BCUT2D eigenvalue weighted by molar-refractivity contribution is -0.162. The topological polar surface area (TPSA) is 173 Å². The summed E-state index contributed by atoms with van der Waals surface area (Å²) in [5.74, 6) is -1.36. The summed E-state index contributed by atoms with van der Waals surface area (Å²) in [5, 5.41) is 18.7. The van der Waals surface area contributed by atoms with E-state index < -0.39 is 41.4 Å². The van der Waals surface area contributed by atoms with Crippen molar-refractivity contribution in [1.82, 2.24) is 20.9 Å². The van der Waals surface area contributed by atoms with Crippen molar-refractivity contribution in [1.29, 1.82) is 0 Å². The Bertz CT molecular complexity index is 1580. The average molecular weight is 773 g/mol. The van der Waals surface area contributed by atoms with Crippen LogP contribution >= 0.6 is 23.4 Å². The number of benzene rings is 1. The number of aliphatic hydroxyl groups excluding tert-OH is 1. The maximum Gasteiger partial charge on any atom is 0.314 e. The molecule has 0 aliphatic carbocycles. The first-order chi connectivity index (χ1) is 25.0. The minimum absolute atomic E-state index is 0.0568. The molecule has 290 valence electrons. The lowest BCUT2D eigenvalue weighted by atomic mass is 9.93. The minimum atomic E-state index is -1.23. The Labute approximate surface area is 321 Å². The zero-order valence-electron chi connectivity index (χ0n) is 31.5. The van der Waals surface area contributed by atoms with Crippen LogP contribution in [0.2, 0.25) is 5.02 Å². The van der Waals surface area contributed by atoms with Crippen LogP contribution < -0.4 is 20.7 Å². The van der Waals surface area contributed by atoms with Crippen LogP contribution in [0.1, 0.15) is 65.5 Å². The highest BCUT2D eigenvalue weighted by atomic mass is 35.5. The molecule has 0 aliphatic heterocycles. The number of halogens is 1. The summed E-state index contributed by atoms with van der Waals surface area (Å²) in [6.07, 6.45) is 8.75. The van der Waals surface area contributed by atoms with Crippen molar-refractivity contribution in [2.75, 3.05) is 26.0 Å². The molecule has 1 heterocycles. The van der Waals surface area contributed by atoms with Gasteiger partial charge in [-0.1, -0.05) is 74.5 Å². The molecular weight excluding hydrogens is 720 g/mol. The fraction of sp³-hybridized carbons (Fsp3) is 0.487. The van der Waals surface area contributed by atoms with Gasteiger partial charge in [-0.3, -0.25) is 29.0 Å². The predicted octanol–water partition coefficient (Wildman–Crippen LogP) is 4.92. The molecule has 3 amide bonds. The van der Waals surface area contributed by atoms with Gasteiger partial charge in [0, 0.05) is 50.5 Å². The van der Waals surface area contributed by atoms with Crippen molar-refractivity contribution in [3.05, 3.63) is 77.1 Å². The van der Waals surface area contributed by atoms with E-state index in [2.05, 4.69) is 20.9 Å². The van der Waals surface area contributed by atoms with Gasteiger partial charge in [-0.2, -0.15) is 0 Å². The van der Waals surface area contributed by atoms with E-state index in [4.69, 9.17) is 21.1 Å². The quantitative estimate of drug-likeness (QED) is 0.0775. The molecule has 0 aliphatic rings. The van der Waals surface area contributed by atoms with E-state index in [0.29, 0.717) is 35.1 Å². The summed E-state index contributed by atoms with van der Waals surface area (Å²) in [7, 11) is 1.49. The second-order valence-electron chi connectivity index (χ2n) is 13.7. The van der Waals surface area contributed by atoms with Gasteiger partial charge < -0.3 is 30.5 Å². The Morgan fingerprint density at radius 2 is 1.83 bits per heavy atom. The van der Waals surface area contributed by atoms with Crippen molar-refractivity contribution in [2.45, 2.75) is 79.1 Å². The van der Waals surface area contributed by atoms with E-state index in [-0.39, 0.29) is 42.2 Å². The third-order valence-corrected chi connectivity index (χ3v) is 9.25. The first kappa shape index (κ1) is 45.0. The van der Waals surface area contributed by atoms with Crippen LogP contribution in [0.15, 0.2) is 61.0 Å². The molecule has 0 saturated carbocycles. The van der Waals surface area contributed by atoms with E-state index in [1.807, 2.05) is 45.1 Å². The lowest BCUT2D eigenvalue weighted by Gasteiger charge is -2.27. The fourth-order valence-corrected chi connectivity index (χ4v) is 5.80. The van der Waals surface area contributed by atoms with Crippen LogP contribution in [0.5, 0.6) is 5.75 Å². The number of pyridine rings is 1. The number of amides is 3. The second-order valence-corrected chi connectivity index (χ2v) is 15.2. The molecule has 2 rings (SSSR count). The van der Waals surface area contributed by atoms with Crippen molar-refractivity contribution in [3.63, 3.8) is 0 Å². The Morgan fingerprint density at radius 3 is 2.45 bits per heavy atom. The summed E-state index contributed by atoms with van der Waals surface area (Å²) in [6, 6.07) is 7.68. The number of nitrogens with zero attached hydrogens (tertiary/aromatic N) is 1. The van der Waals surface area contributed by atoms with Gasteiger partial charge >= 0.3 is 5.97 Å². The summed E-state index contributed by atoms with van der Waals surface area (Å²) >= 11 is 7.31. The third-order valence-electron chi connectivity index (χ3n) is 7.99. The molecule has 4 atom stereocenters. The molecule has 12 nitrogen and oxygen atoms in total. The molecule has 14 heteroatoms. The van der Waals surface area contributed by atoms with Crippen LogP contribution in [0, 0.1) is 17.3 Å². The number of methoxy groups -OCH3 is 1. The van der Waals surface area contributed by atoms with Crippen LogP contribution in [0.4, 0.5) is 0 Å². The molecule has 0 radical (unpaired) electrons. The van der Waals surface area contributed by atoms with Gasteiger partial charge in [0.25, 0.3) is 0 Å². The number of carbonyl (C=O) groups excluding carboxylic acids is 5. The molecule has 1 aromatic heterocycles. The highest BCUT2D eigenvalue weighted by Crippen LogP contribution is 2.26. The zero-order chi connectivity index (χ0) is 39.6. The number of rotatable bonds is 21.